The first-order chi connectivity index (χ1) is 13.6. The van der Waals surface area contributed by atoms with Gasteiger partial charge in [0.1, 0.15) is 17.0 Å². The quantitative estimate of drug-likeness (QED) is 0.813. The molecule has 28 heavy (non-hydrogen) atoms. The number of carbonyl (C=O) groups is 2. The van der Waals surface area contributed by atoms with Crippen LogP contribution in [-0.4, -0.2) is 66.2 Å². The van der Waals surface area contributed by atoms with Gasteiger partial charge in [-0.25, -0.2) is 0 Å². The van der Waals surface area contributed by atoms with E-state index in [9.17, 15) is 9.59 Å². The molecule has 1 unspecified atom stereocenters. The molecule has 2 fully saturated rings. The van der Waals surface area contributed by atoms with Crippen LogP contribution in [0.4, 0.5) is 0 Å². The molecule has 1 aromatic heterocycles. The van der Waals surface area contributed by atoms with Crippen molar-refractivity contribution in [1.82, 2.24) is 15.0 Å². The van der Waals surface area contributed by atoms with E-state index >= 15 is 0 Å². The Kier molecular flexibility index (Phi) is 5.43. The van der Waals surface area contributed by atoms with Crippen molar-refractivity contribution >= 4 is 11.8 Å². The molecule has 7 nitrogen and oxygen atoms in total. The number of rotatable bonds is 3. The molecular weight excluding hydrogens is 358 g/mol. The van der Waals surface area contributed by atoms with Gasteiger partial charge in [-0.15, -0.1) is 0 Å². The standard InChI is InChI=1S/C21H25N3O4/c1-15-18(19(22-28-15)16-6-3-2-4-7-16)21(26)24-9-5-8-17(14-24)20(25)23-10-12-27-13-11-23/h2-4,6-7,17H,5,8-14H2,1H3. The third-order valence-electron chi connectivity index (χ3n) is 5.50. The number of hydrogen-bond acceptors (Lipinski definition) is 5. The smallest absolute Gasteiger partial charge is 0.259 e. The predicted molar refractivity (Wildman–Crippen MR) is 103 cm³/mol. The van der Waals surface area contributed by atoms with Gasteiger partial charge in [0.15, 0.2) is 0 Å². The van der Waals surface area contributed by atoms with Crippen molar-refractivity contribution in [2.45, 2.75) is 19.8 Å². The van der Waals surface area contributed by atoms with Crippen molar-refractivity contribution in [1.29, 1.82) is 0 Å². The van der Waals surface area contributed by atoms with E-state index in [2.05, 4.69) is 5.16 Å². The molecule has 2 aliphatic heterocycles. The molecule has 1 aromatic carbocycles. The Bertz CT molecular complexity index is 843. The number of aryl methyl sites for hydroxylation is 1. The zero-order valence-corrected chi connectivity index (χ0v) is 16.1. The lowest BCUT2D eigenvalue weighted by Crippen LogP contribution is -2.49. The minimum absolute atomic E-state index is 0.114. The van der Waals surface area contributed by atoms with Gasteiger partial charge in [0.05, 0.1) is 19.1 Å². The van der Waals surface area contributed by atoms with Crippen molar-refractivity contribution < 1.29 is 18.8 Å². The Morgan fingerprint density at radius 3 is 2.57 bits per heavy atom. The van der Waals surface area contributed by atoms with Crippen LogP contribution in [0.25, 0.3) is 11.3 Å². The van der Waals surface area contributed by atoms with Gasteiger partial charge in [-0.05, 0) is 19.8 Å². The lowest BCUT2D eigenvalue weighted by atomic mass is 9.95. The molecule has 0 bridgehead atoms. The molecule has 2 aromatic rings. The Labute approximate surface area is 164 Å². The van der Waals surface area contributed by atoms with Crippen LogP contribution < -0.4 is 0 Å². The van der Waals surface area contributed by atoms with Crippen LogP contribution in [0.1, 0.15) is 29.0 Å². The average molecular weight is 383 g/mol. The minimum Gasteiger partial charge on any atom is -0.378 e. The van der Waals surface area contributed by atoms with Crippen molar-refractivity contribution in [3.63, 3.8) is 0 Å². The molecule has 0 N–H and O–H groups in total. The summed E-state index contributed by atoms with van der Waals surface area (Å²) in [6, 6.07) is 9.56. The molecular formula is C21H25N3O4. The fourth-order valence-corrected chi connectivity index (χ4v) is 3.98. The molecule has 0 aliphatic carbocycles. The van der Waals surface area contributed by atoms with Crippen LogP contribution in [0.3, 0.4) is 0 Å². The van der Waals surface area contributed by atoms with Crippen LogP contribution in [0.15, 0.2) is 34.9 Å². The second-order valence-corrected chi connectivity index (χ2v) is 7.36. The van der Waals surface area contributed by atoms with E-state index in [1.54, 1.807) is 11.8 Å². The highest BCUT2D eigenvalue weighted by atomic mass is 16.5. The molecule has 3 heterocycles. The zero-order chi connectivity index (χ0) is 19.5. The number of amides is 2. The Hall–Kier alpha value is -2.67. The van der Waals surface area contributed by atoms with E-state index in [1.807, 2.05) is 35.2 Å². The van der Waals surface area contributed by atoms with Crippen molar-refractivity contribution in [2.24, 2.45) is 5.92 Å². The SMILES string of the molecule is Cc1onc(-c2ccccc2)c1C(=O)N1CCCC(C(=O)N2CCOCC2)C1. The van der Waals surface area contributed by atoms with Crippen molar-refractivity contribution in [3.05, 3.63) is 41.7 Å². The van der Waals surface area contributed by atoms with Gasteiger partial charge in [0.2, 0.25) is 5.91 Å². The number of ether oxygens (including phenoxy) is 1. The maximum atomic E-state index is 13.3. The molecule has 2 saturated heterocycles. The summed E-state index contributed by atoms with van der Waals surface area (Å²) in [6.45, 7) is 5.27. The number of nitrogens with zero attached hydrogens (tertiary/aromatic N) is 3. The molecule has 0 radical (unpaired) electrons. The number of morpholine rings is 1. The fourth-order valence-electron chi connectivity index (χ4n) is 3.98. The Morgan fingerprint density at radius 1 is 1.07 bits per heavy atom. The fraction of sp³-hybridized carbons (Fsp3) is 0.476. The van der Waals surface area contributed by atoms with E-state index in [4.69, 9.17) is 9.26 Å². The van der Waals surface area contributed by atoms with Crippen LogP contribution in [0, 0.1) is 12.8 Å². The molecule has 0 spiro atoms. The summed E-state index contributed by atoms with van der Waals surface area (Å²) in [5.74, 6) is 0.366. The highest BCUT2D eigenvalue weighted by Gasteiger charge is 2.34. The van der Waals surface area contributed by atoms with E-state index in [0.717, 1.165) is 18.4 Å². The first-order valence-electron chi connectivity index (χ1n) is 9.82. The predicted octanol–water partition coefficient (Wildman–Crippen LogP) is 2.36. The number of likely N-dealkylation sites (tertiary alicyclic amines) is 1. The topological polar surface area (TPSA) is 75.9 Å². The number of hydrogen-bond donors (Lipinski definition) is 0. The van der Waals surface area contributed by atoms with Gasteiger partial charge >= 0.3 is 0 Å². The highest BCUT2D eigenvalue weighted by molar-refractivity contribution is 6.01. The van der Waals surface area contributed by atoms with Crippen LogP contribution in [0.2, 0.25) is 0 Å². The summed E-state index contributed by atoms with van der Waals surface area (Å²) in [6.07, 6.45) is 1.63. The minimum atomic E-state index is -0.156. The van der Waals surface area contributed by atoms with E-state index in [-0.39, 0.29) is 17.7 Å². The second-order valence-electron chi connectivity index (χ2n) is 7.36. The van der Waals surface area contributed by atoms with Gasteiger partial charge in [-0.3, -0.25) is 9.59 Å². The third kappa shape index (κ3) is 3.67. The van der Waals surface area contributed by atoms with Gasteiger partial charge < -0.3 is 19.1 Å². The molecule has 2 amide bonds. The number of aromatic nitrogens is 1. The molecule has 7 heteroatoms. The monoisotopic (exact) mass is 383 g/mol. The lowest BCUT2D eigenvalue weighted by molar-refractivity contribution is -0.141. The summed E-state index contributed by atoms with van der Waals surface area (Å²) in [5, 5.41) is 4.12. The van der Waals surface area contributed by atoms with Crippen LogP contribution in [0.5, 0.6) is 0 Å². The summed E-state index contributed by atoms with van der Waals surface area (Å²) < 4.78 is 10.7. The Balaban J connectivity index is 1.52. The van der Waals surface area contributed by atoms with Crippen LogP contribution >= 0.6 is 0 Å². The van der Waals surface area contributed by atoms with Gasteiger partial charge in [-0.2, -0.15) is 0 Å². The Morgan fingerprint density at radius 2 is 1.82 bits per heavy atom. The molecule has 2 aliphatic rings. The highest BCUT2D eigenvalue weighted by Crippen LogP contribution is 2.28. The number of piperidine rings is 1. The number of benzene rings is 1. The van der Waals surface area contributed by atoms with Crippen molar-refractivity contribution in [3.8, 4) is 11.3 Å². The second kappa shape index (κ2) is 8.14. The molecule has 4 rings (SSSR count). The number of carbonyl (C=O) groups excluding carboxylic acids is 2. The van der Waals surface area contributed by atoms with Crippen molar-refractivity contribution in [2.75, 3.05) is 39.4 Å². The molecule has 0 saturated carbocycles. The summed E-state index contributed by atoms with van der Waals surface area (Å²) >= 11 is 0. The zero-order valence-electron chi connectivity index (χ0n) is 16.1. The summed E-state index contributed by atoms with van der Waals surface area (Å²) in [7, 11) is 0. The maximum Gasteiger partial charge on any atom is 0.259 e. The maximum absolute atomic E-state index is 13.3. The molecule has 148 valence electrons. The summed E-state index contributed by atoms with van der Waals surface area (Å²) in [4.78, 5) is 29.8. The van der Waals surface area contributed by atoms with E-state index in [1.165, 1.54) is 0 Å². The molecule has 1 atom stereocenters. The first-order valence-corrected chi connectivity index (χ1v) is 9.82. The van der Waals surface area contributed by atoms with Crippen LogP contribution in [-0.2, 0) is 9.53 Å². The largest absolute Gasteiger partial charge is 0.378 e. The lowest BCUT2D eigenvalue weighted by Gasteiger charge is -2.36. The third-order valence-corrected chi connectivity index (χ3v) is 5.50. The van der Waals surface area contributed by atoms with E-state index < -0.39 is 0 Å². The van der Waals surface area contributed by atoms with Gasteiger partial charge in [0, 0.05) is 31.7 Å². The van der Waals surface area contributed by atoms with Gasteiger partial charge in [0.25, 0.3) is 5.91 Å². The van der Waals surface area contributed by atoms with E-state index in [0.29, 0.717) is 56.4 Å². The van der Waals surface area contributed by atoms with Gasteiger partial charge in [-0.1, -0.05) is 35.5 Å². The average Bonchev–Trinajstić information content (AvgIpc) is 3.15. The normalized spacial score (nSPS) is 20.2. The first kappa shape index (κ1) is 18.7. The summed E-state index contributed by atoms with van der Waals surface area (Å²) in [5.41, 5.74) is 1.90.